The molecule has 5 nitrogen and oxygen atoms in total. The highest BCUT2D eigenvalue weighted by atomic mass is 32.2. The summed E-state index contributed by atoms with van der Waals surface area (Å²) in [6.07, 6.45) is 2.60. The summed E-state index contributed by atoms with van der Waals surface area (Å²) in [5.74, 6) is 0.299. The lowest BCUT2D eigenvalue weighted by atomic mass is 10.2. The van der Waals surface area contributed by atoms with Crippen LogP contribution in [0.4, 0.5) is 4.79 Å². The molecular weight excluding hydrogens is 226 g/mol. The summed E-state index contributed by atoms with van der Waals surface area (Å²) < 4.78 is 0. The van der Waals surface area contributed by atoms with E-state index in [0.717, 1.165) is 10.7 Å². The van der Waals surface area contributed by atoms with Crippen LogP contribution >= 0.6 is 11.8 Å². The minimum Gasteiger partial charge on any atom is -0.326 e. The molecular formula is C10H15N3O2S. The molecule has 3 amide bonds. The maximum atomic E-state index is 11.8. The zero-order valence-corrected chi connectivity index (χ0v) is 10.2. The Kier molecular flexibility index (Phi) is 4.62. The van der Waals surface area contributed by atoms with Gasteiger partial charge >= 0.3 is 6.03 Å². The van der Waals surface area contributed by atoms with Crippen LogP contribution in [0.15, 0.2) is 0 Å². The van der Waals surface area contributed by atoms with Gasteiger partial charge in [0.15, 0.2) is 0 Å². The van der Waals surface area contributed by atoms with Crippen molar-refractivity contribution in [1.82, 2.24) is 10.2 Å². The minimum atomic E-state index is -0.411. The molecule has 16 heavy (non-hydrogen) atoms. The summed E-state index contributed by atoms with van der Waals surface area (Å²) in [5, 5.41) is 11.3. The number of nitriles is 1. The quantitative estimate of drug-likeness (QED) is 0.723. The second-order valence-corrected chi connectivity index (χ2v) is 4.75. The molecule has 1 aliphatic rings. The van der Waals surface area contributed by atoms with Gasteiger partial charge in [-0.15, -0.1) is 0 Å². The molecule has 2 unspecified atom stereocenters. The molecule has 0 aromatic rings. The number of hydrogen-bond acceptors (Lipinski definition) is 4. The number of thioether (sulfide) groups is 1. The number of carbonyl (C=O) groups is 2. The van der Waals surface area contributed by atoms with E-state index in [1.807, 2.05) is 12.3 Å². The number of hydrogen-bond donors (Lipinski definition) is 1. The lowest BCUT2D eigenvalue weighted by Gasteiger charge is -2.13. The molecule has 1 heterocycles. The highest BCUT2D eigenvalue weighted by molar-refractivity contribution is 7.98. The van der Waals surface area contributed by atoms with Crippen LogP contribution in [0.5, 0.6) is 0 Å². The van der Waals surface area contributed by atoms with Gasteiger partial charge in [0.2, 0.25) is 0 Å². The van der Waals surface area contributed by atoms with E-state index in [4.69, 9.17) is 5.26 Å². The molecule has 0 aromatic heterocycles. The van der Waals surface area contributed by atoms with Crippen LogP contribution in [0, 0.1) is 17.2 Å². The van der Waals surface area contributed by atoms with Crippen molar-refractivity contribution in [2.45, 2.75) is 19.4 Å². The average Bonchev–Trinajstić information content (AvgIpc) is 2.53. The van der Waals surface area contributed by atoms with E-state index in [2.05, 4.69) is 5.32 Å². The number of urea groups is 1. The average molecular weight is 241 g/mol. The third kappa shape index (κ3) is 2.89. The van der Waals surface area contributed by atoms with E-state index >= 15 is 0 Å². The summed E-state index contributed by atoms with van der Waals surface area (Å²) in [5.41, 5.74) is 0. The Morgan fingerprint density at radius 3 is 2.88 bits per heavy atom. The SMILES string of the molecule is CSCCC1NC(=O)N(CC(C)C#N)C1=O. The van der Waals surface area contributed by atoms with Crippen molar-refractivity contribution >= 4 is 23.7 Å². The van der Waals surface area contributed by atoms with Gasteiger partial charge in [0, 0.05) is 6.54 Å². The first-order valence-corrected chi connectivity index (χ1v) is 6.50. The normalized spacial score (nSPS) is 21.8. The van der Waals surface area contributed by atoms with Gasteiger partial charge in [-0.1, -0.05) is 0 Å². The molecule has 1 N–H and O–H groups in total. The summed E-state index contributed by atoms with van der Waals surface area (Å²) in [6.45, 7) is 1.87. The highest BCUT2D eigenvalue weighted by Crippen LogP contribution is 2.13. The predicted molar refractivity (Wildman–Crippen MR) is 61.8 cm³/mol. The first-order valence-electron chi connectivity index (χ1n) is 5.10. The zero-order chi connectivity index (χ0) is 12.1. The first kappa shape index (κ1) is 12.8. The van der Waals surface area contributed by atoms with Crippen molar-refractivity contribution in [3.8, 4) is 6.07 Å². The van der Waals surface area contributed by atoms with E-state index in [0.29, 0.717) is 6.42 Å². The van der Waals surface area contributed by atoms with Gasteiger partial charge in [-0.25, -0.2) is 4.79 Å². The van der Waals surface area contributed by atoms with E-state index in [-0.39, 0.29) is 24.4 Å². The Bertz CT molecular complexity index is 327. The van der Waals surface area contributed by atoms with Crippen molar-refractivity contribution < 1.29 is 9.59 Å². The lowest BCUT2D eigenvalue weighted by Crippen LogP contribution is -2.35. The zero-order valence-electron chi connectivity index (χ0n) is 9.40. The molecule has 1 rings (SSSR count). The highest BCUT2D eigenvalue weighted by Gasteiger charge is 2.37. The van der Waals surface area contributed by atoms with Crippen LogP contribution in [-0.2, 0) is 4.79 Å². The molecule has 88 valence electrons. The minimum absolute atomic E-state index is 0.178. The van der Waals surface area contributed by atoms with Gasteiger partial charge in [0.1, 0.15) is 6.04 Å². The van der Waals surface area contributed by atoms with Gasteiger partial charge in [-0.3, -0.25) is 9.69 Å². The molecule has 1 saturated heterocycles. The topological polar surface area (TPSA) is 73.2 Å². The van der Waals surface area contributed by atoms with Crippen molar-refractivity contribution in [1.29, 1.82) is 5.26 Å². The maximum Gasteiger partial charge on any atom is 0.324 e. The van der Waals surface area contributed by atoms with Crippen LogP contribution in [0.25, 0.3) is 0 Å². The number of carbonyl (C=O) groups excluding carboxylic acids is 2. The van der Waals surface area contributed by atoms with E-state index in [9.17, 15) is 9.59 Å². The van der Waals surface area contributed by atoms with E-state index < -0.39 is 6.04 Å². The van der Waals surface area contributed by atoms with Crippen LogP contribution in [0.3, 0.4) is 0 Å². The van der Waals surface area contributed by atoms with Gasteiger partial charge in [0.25, 0.3) is 5.91 Å². The summed E-state index contributed by atoms with van der Waals surface area (Å²) in [7, 11) is 0. The summed E-state index contributed by atoms with van der Waals surface area (Å²) in [4.78, 5) is 24.4. The largest absolute Gasteiger partial charge is 0.326 e. The van der Waals surface area contributed by atoms with Crippen LogP contribution in [-0.4, -0.2) is 41.4 Å². The van der Waals surface area contributed by atoms with Gasteiger partial charge < -0.3 is 5.32 Å². The van der Waals surface area contributed by atoms with Crippen molar-refractivity contribution in [3.05, 3.63) is 0 Å². The Morgan fingerprint density at radius 1 is 1.62 bits per heavy atom. The van der Waals surface area contributed by atoms with Crippen molar-refractivity contribution in [2.24, 2.45) is 5.92 Å². The molecule has 0 bridgehead atoms. The Morgan fingerprint density at radius 2 is 2.31 bits per heavy atom. The summed E-state index contributed by atoms with van der Waals surface area (Å²) in [6, 6.07) is 1.23. The number of nitrogens with one attached hydrogen (secondary N) is 1. The standard InChI is InChI=1S/C10H15N3O2S/c1-7(5-11)6-13-9(14)8(3-4-16-2)12-10(13)15/h7-8H,3-4,6H2,1-2H3,(H,12,15). The maximum absolute atomic E-state index is 11.8. The first-order chi connectivity index (χ1) is 7.60. The number of nitrogens with zero attached hydrogens (tertiary/aromatic N) is 2. The van der Waals surface area contributed by atoms with Crippen molar-refractivity contribution in [3.63, 3.8) is 0 Å². The van der Waals surface area contributed by atoms with Gasteiger partial charge in [-0.05, 0) is 25.4 Å². The number of imide groups is 1. The molecule has 0 saturated carbocycles. The fourth-order valence-electron chi connectivity index (χ4n) is 1.50. The molecule has 0 radical (unpaired) electrons. The van der Waals surface area contributed by atoms with Crippen LogP contribution in [0.1, 0.15) is 13.3 Å². The fraction of sp³-hybridized carbons (Fsp3) is 0.700. The van der Waals surface area contributed by atoms with Crippen molar-refractivity contribution in [2.75, 3.05) is 18.6 Å². The third-order valence-corrected chi connectivity index (χ3v) is 3.04. The Balaban J connectivity index is 2.57. The molecule has 0 spiro atoms. The lowest BCUT2D eigenvalue weighted by molar-refractivity contribution is -0.127. The van der Waals surface area contributed by atoms with Gasteiger partial charge in [-0.2, -0.15) is 17.0 Å². The summed E-state index contributed by atoms with van der Waals surface area (Å²) >= 11 is 1.64. The third-order valence-electron chi connectivity index (χ3n) is 2.39. The monoisotopic (exact) mass is 241 g/mol. The Labute approximate surface area is 99.2 Å². The molecule has 6 heteroatoms. The van der Waals surface area contributed by atoms with Crippen LogP contribution in [0.2, 0.25) is 0 Å². The molecule has 2 atom stereocenters. The number of amides is 3. The van der Waals surface area contributed by atoms with Crippen LogP contribution < -0.4 is 5.32 Å². The van der Waals surface area contributed by atoms with Gasteiger partial charge in [0.05, 0.1) is 12.0 Å². The Hall–Kier alpha value is -1.22. The second kappa shape index (κ2) is 5.75. The molecule has 0 aromatic carbocycles. The molecule has 1 aliphatic heterocycles. The smallest absolute Gasteiger partial charge is 0.324 e. The van der Waals surface area contributed by atoms with E-state index in [1.54, 1.807) is 18.7 Å². The van der Waals surface area contributed by atoms with E-state index in [1.165, 1.54) is 0 Å². The molecule has 1 fully saturated rings. The number of rotatable bonds is 5. The fourth-order valence-corrected chi connectivity index (χ4v) is 1.97. The second-order valence-electron chi connectivity index (χ2n) is 3.76. The molecule has 0 aliphatic carbocycles. The predicted octanol–water partition coefficient (Wildman–Crippen LogP) is 0.820.